The number of fused-ring (bicyclic) bond motifs is 1. The second kappa shape index (κ2) is 8.74. The van der Waals surface area contributed by atoms with Crippen LogP contribution in [0.3, 0.4) is 0 Å². The number of rotatable bonds is 5. The highest BCUT2D eigenvalue weighted by atomic mass is 35.5. The van der Waals surface area contributed by atoms with E-state index in [0.717, 1.165) is 5.56 Å². The maximum atomic E-state index is 13.8. The number of carbonyl (C=O) groups excluding carboxylic acids is 2. The second-order valence-electron chi connectivity index (χ2n) is 8.49. The minimum atomic E-state index is -0.779. The quantitative estimate of drug-likeness (QED) is 0.635. The molecule has 8 heteroatoms. The number of benzene rings is 2. The average molecular weight is 484 g/mol. The number of likely N-dealkylation sites (N-methyl/N-ethyl adjacent to an activating group) is 1. The monoisotopic (exact) mass is 483 g/mol. The largest absolute Gasteiger partial charge is 0.498 e. The van der Waals surface area contributed by atoms with Gasteiger partial charge in [-0.15, -0.1) is 0 Å². The van der Waals surface area contributed by atoms with E-state index in [-0.39, 0.29) is 17.9 Å². The number of hydrogen-bond donors (Lipinski definition) is 0. The SMILES string of the molecule is COC1=C(c2cc(Cl)cc(Cl)c2)C(=O)N2CC(N(C)C(C)=O)CC12Cc1ccc(C#N)cc1. The van der Waals surface area contributed by atoms with Crippen LogP contribution in [0.15, 0.2) is 48.2 Å². The van der Waals surface area contributed by atoms with Crippen molar-refractivity contribution < 1.29 is 14.3 Å². The predicted octanol–water partition coefficient (Wildman–Crippen LogP) is 4.30. The molecule has 33 heavy (non-hydrogen) atoms. The molecule has 2 atom stereocenters. The maximum Gasteiger partial charge on any atom is 0.258 e. The molecule has 0 aliphatic carbocycles. The van der Waals surface area contributed by atoms with Crippen molar-refractivity contribution in [3.8, 4) is 6.07 Å². The van der Waals surface area contributed by atoms with E-state index in [1.807, 2.05) is 12.1 Å². The molecule has 0 N–H and O–H groups in total. The summed E-state index contributed by atoms with van der Waals surface area (Å²) in [5.41, 5.74) is 1.77. The van der Waals surface area contributed by atoms with Crippen LogP contribution in [0.4, 0.5) is 0 Å². The standard InChI is InChI=1S/C25H23Cl2N3O3/c1-15(31)29(2)21-12-25(11-16-4-6-17(13-28)7-5-16)23(33-3)22(24(32)30(25)14-21)18-8-19(26)10-20(27)9-18/h4-10,21H,11-12,14H2,1-3H3. The van der Waals surface area contributed by atoms with Gasteiger partial charge in [-0.1, -0.05) is 35.3 Å². The molecule has 2 unspecified atom stereocenters. The topological polar surface area (TPSA) is 73.6 Å². The molecule has 0 bridgehead atoms. The Labute approximate surface area is 202 Å². The highest BCUT2D eigenvalue weighted by Crippen LogP contribution is 2.50. The summed E-state index contributed by atoms with van der Waals surface area (Å²) in [7, 11) is 3.31. The molecule has 170 valence electrons. The van der Waals surface area contributed by atoms with Crippen LogP contribution in [-0.2, 0) is 20.7 Å². The number of halogens is 2. The molecule has 2 amide bonds. The van der Waals surface area contributed by atoms with Crippen LogP contribution in [-0.4, -0.2) is 53.9 Å². The van der Waals surface area contributed by atoms with Crippen LogP contribution in [0.1, 0.15) is 30.0 Å². The van der Waals surface area contributed by atoms with Crippen LogP contribution in [0.5, 0.6) is 0 Å². The van der Waals surface area contributed by atoms with Gasteiger partial charge in [-0.3, -0.25) is 9.59 Å². The van der Waals surface area contributed by atoms with Crippen molar-refractivity contribution in [2.24, 2.45) is 0 Å². The number of methoxy groups -OCH3 is 1. The van der Waals surface area contributed by atoms with Crippen LogP contribution in [0, 0.1) is 11.3 Å². The molecule has 0 spiro atoms. The van der Waals surface area contributed by atoms with Crippen LogP contribution in [0.2, 0.25) is 10.0 Å². The molecule has 0 radical (unpaired) electrons. The third-order valence-corrected chi connectivity index (χ3v) is 7.01. The van der Waals surface area contributed by atoms with Gasteiger partial charge in [0.2, 0.25) is 5.91 Å². The van der Waals surface area contributed by atoms with Crippen molar-refractivity contribution in [2.75, 3.05) is 20.7 Å². The van der Waals surface area contributed by atoms with E-state index in [4.69, 9.17) is 33.2 Å². The lowest BCUT2D eigenvalue weighted by atomic mass is 9.84. The first kappa shape index (κ1) is 23.2. The number of ether oxygens (including phenoxy) is 1. The van der Waals surface area contributed by atoms with Crippen molar-refractivity contribution in [3.05, 3.63) is 75.0 Å². The summed E-state index contributed by atoms with van der Waals surface area (Å²) < 4.78 is 5.93. The van der Waals surface area contributed by atoms with Crippen molar-refractivity contribution in [1.29, 1.82) is 5.26 Å². The minimum absolute atomic E-state index is 0.0630. The summed E-state index contributed by atoms with van der Waals surface area (Å²) in [4.78, 5) is 29.3. The maximum absolute atomic E-state index is 13.8. The number of nitriles is 1. The van der Waals surface area contributed by atoms with E-state index >= 15 is 0 Å². The Kier molecular flexibility index (Phi) is 6.13. The Hall–Kier alpha value is -3.01. The molecule has 6 nitrogen and oxygen atoms in total. The number of nitrogens with zero attached hydrogens (tertiary/aromatic N) is 3. The Balaban J connectivity index is 1.86. The summed E-state index contributed by atoms with van der Waals surface area (Å²) in [5.74, 6) is 0.292. The number of carbonyl (C=O) groups is 2. The summed E-state index contributed by atoms with van der Waals surface area (Å²) >= 11 is 12.5. The van der Waals surface area contributed by atoms with Gasteiger partial charge < -0.3 is 14.5 Å². The van der Waals surface area contributed by atoms with Crippen LogP contribution in [0.25, 0.3) is 5.57 Å². The molecule has 2 aromatic rings. The Morgan fingerprint density at radius 3 is 2.42 bits per heavy atom. The Bertz CT molecular complexity index is 1180. The van der Waals surface area contributed by atoms with Gasteiger partial charge in [0.15, 0.2) is 0 Å². The molecule has 0 saturated carbocycles. The summed E-state index contributed by atoms with van der Waals surface area (Å²) in [6, 6.07) is 14.3. The lowest BCUT2D eigenvalue weighted by Gasteiger charge is -2.34. The average Bonchev–Trinajstić information content (AvgIpc) is 3.25. The highest BCUT2D eigenvalue weighted by molar-refractivity contribution is 6.35. The van der Waals surface area contributed by atoms with Gasteiger partial charge in [-0.25, -0.2) is 0 Å². The van der Waals surface area contributed by atoms with Gasteiger partial charge in [0.25, 0.3) is 5.91 Å². The fourth-order valence-electron chi connectivity index (χ4n) is 4.95. The lowest BCUT2D eigenvalue weighted by molar-refractivity contribution is -0.130. The van der Waals surface area contributed by atoms with Gasteiger partial charge in [0.1, 0.15) is 11.3 Å². The molecule has 1 saturated heterocycles. The third-order valence-electron chi connectivity index (χ3n) is 6.57. The normalized spacial score (nSPS) is 21.8. The van der Waals surface area contributed by atoms with Gasteiger partial charge in [0.05, 0.1) is 30.4 Å². The molecule has 2 aromatic carbocycles. The van der Waals surface area contributed by atoms with Gasteiger partial charge in [-0.2, -0.15) is 5.26 Å². The first-order valence-electron chi connectivity index (χ1n) is 10.5. The third kappa shape index (κ3) is 3.96. The molecular weight excluding hydrogens is 461 g/mol. The first-order chi connectivity index (χ1) is 15.7. The smallest absolute Gasteiger partial charge is 0.258 e. The van der Waals surface area contributed by atoms with E-state index in [2.05, 4.69) is 6.07 Å². The minimum Gasteiger partial charge on any atom is -0.498 e. The van der Waals surface area contributed by atoms with E-state index in [9.17, 15) is 9.59 Å². The van der Waals surface area contributed by atoms with E-state index < -0.39 is 5.54 Å². The summed E-state index contributed by atoms with van der Waals surface area (Å²) in [6.07, 6.45) is 1.00. The molecule has 2 aliphatic rings. The molecule has 4 rings (SSSR count). The van der Waals surface area contributed by atoms with E-state index in [1.165, 1.54) is 6.92 Å². The predicted molar refractivity (Wildman–Crippen MR) is 127 cm³/mol. The molecular formula is C25H23Cl2N3O3. The fraction of sp³-hybridized carbons (Fsp3) is 0.320. The second-order valence-corrected chi connectivity index (χ2v) is 9.36. The van der Waals surface area contributed by atoms with Gasteiger partial charge in [-0.05, 0) is 41.5 Å². The van der Waals surface area contributed by atoms with Crippen molar-refractivity contribution >= 4 is 40.6 Å². The zero-order valence-corrected chi connectivity index (χ0v) is 20.1. The summed E-state index contributed by atoms with van der Waals surface area (Å²) in [5, 5.41) is 9.99. The molecule has 2 aliphatic heterocycles. The lowest BCUT2D eigenvalue weighted by Crippen LogP contribution is -2.45. The molecule has 0 aromatic heterocycles. The number of amides is 2. The Morgan fingerprint density at radius 1 is 1.24 bits per heavy atom. The van der Waals surface area contributed by atoms with E-state index in [0.29, 0.717) is 51.9 Å². The van der Waals surface area contributed by atoms with Crippen LogP contribution < -0.4 is 0 Å². The molecule has 2 heterocycles. The fourth-order valence-corrected chi connectivity index (χ4v) is 5.48. The number of hydrogen-bond acceptors (Lipinski definition) is 4. The van der Waals surface area contributed by atoms with Gasteiger partial charge in [0, 0.05) is 43.4 Å². The zero-order valence-electron chi connectivity index (χ0n) is 18.6. The Morgan fingerprint density at radius 2 is 1.88 bits per heavy atom. The first-order valence-corrected chi connectivity index (χ1v) is 11.3. The summed E-state index contributed by atoms with van der Waals surface area (Å²) in [6.45, 7) is 1.90. The van der Waals surface area contributed by atoms with Crippen molar-refractivity contribution in [3.63, 3.8) is 0 Å². The van der Waals surface area contributed by atoms with Gasteiger partial charge >= 0.3 is 0 Å². The zero-order chi connectivity index (χ0) is 23.9. The van der Waals surface area contributed by atoms with Crippen LogP contribution >= 0.6 is 23.2 Å². The highest BCUT2D eigenvalue weighted by Gasteiger charge is 2.59. The van der Waals surface area contributed by atoms with Crippen molar-refractivity contribution in [2.45, 2.75) is 31.3 Å². The van der Waals surface area contributed by atoms with E-state index in [1.54, 1.807) is 54.3 Å². The molecule has 1 fully saturated rings. The van der Waals surface area contributed by atoms with Crippen molar-refractivity contribution in [1.82, 2.24) is 9.80 Å².